The molecule has 0 fully saturated rings. The van der Waals surface area contributed by atoms with Crippen molar-refractivity contribution in [3.63, 3.8) is 0 Å². The zero-order chi connectivity index (χ0) is 17.8. The van der Waals surface area contributed by atoms with Gasteiger partial charge in [-0.1, -0.05) is 52.3 Å². The van der Waals surface area contributed by atoms with Crippen LogP contribution < -0.4 is 5.73 Å². The smallest absolute Gasteiger partial charge is 0.335 e. The largest absolute Gasteiger partial charge is 0.478 e. The fraction of sp³-hybridized carbons (Fsp3) is 0.0952. The van der Waals surface area contributed by atoms with Crippen LogP contribution in [0.5, 0.6) is 0 Å². The first-order chi connectivity index (χ1) is 12.0. The average Bonchev–Trinajstić information content (AvgIpc) is 2.61. The van der Waals surface area contributed by atoms with Crippen molar-refractivity contribution in [2.45, 2.75) is 12.3 Å². The van der Waals surface area contributed by atoms with Crippen molar-refractivity contribution in [1.82, 2.24) is 0 Å². The molecule has 3 aromatic carbocycles. The van der Waals surface area contributed by atoms with E-state index in [1.807, 2.05) is 42.5 Å². The topological polar surface area (TPSA) is 63.3 Å². The van der Waals surface area contributed by atoms with Crippen molar-refractivity contribution in [2.24, 2.45) is 0 Å². The molecule has 3 N–H and O–H groups in total. The Morgan fingerprint density at radius 1 is 0.960 bits per heavy atom. The fourth-order valence-corrected chi connectivity index (χ4v) is 3.18. The molecule has 0 saturated carbocycles. The van der Waals surface area contributed by atoms with Gasteiger partial charge < -0.3 is 10.8 Å². The van der Waals surface area contributed by atoms with Gasteiger partial charge in [0.1, 0.15) is 0 Å². The molecule has 3 rings (SSSR count). The molecule has 126 valence electrons. The van der Waals surface area contributed by atoms with Crippen molar-refractivity contribution < 1.29 is 9.90 Å². The minimum absolute atomic E-state index is 0.104. The van der Waals surface area contributed by atoms with Crippen LogP contribution in [-0.2, 0) is 6.42 Å². The van der Waals surface area contributed by atoms with E-state index in [0.717, 1.165) is 27.7 Å². The Hall–Kier alpha value is -2.59. The SMILES string of the molecule is Nc1cccc(C(Cc2ccc(Br)cc2)c2ccc(C(=O)O)cc2)c1. The number of carboxylic acids is 1. The van der Waals surface area contributed by atoms with Gasteiger partial charge in [-0.05, 0) is 59.5 Å². The van der Waals surface area contributed by atoms with E-state index in [4.69, 9.17) is 10.8 Å². The number of anilines is 1. The number of nitrogens with two attached hydrogens (primary N) is 1. The molecule has 3 aromatic rings. The number of carbonyl (C=O) groups is 1. The summed E-state index contributed by atoms with van der Waals surface area (Å²) in [5.41, 5.74) is 10.4. The summed E-state index contributed by atoms with van der Waals surface area (Å²) in [5.74, 6) is -0.813. The number of hydrogen-bond donors (Lipinski definition) is 2. The summed E-state index contributed by atoms with van der Waals surface area (Å²) in [7, 11) is 0. The fourth-order valence-electron chi connectivity index (χ4n) is 2.92. The molecule has 0 saturated heterocycles. The van der Waals surface area contributed by atoms with Crippen molar-refractivity contribution >= 4 is 27.6 Å². The van der Waals surface area contributed by atoms with E-state index in [9.17, 15) is 4.79 Å². The molecule has 0 radical (unpaired) electrons. The number of benzene rings is 3. The van der Waals surface area contributed by atoms with Crippen molar-refractivity contribution in [3.8, 4) is 0 Å². The standard InChI is InChI=1S/C21H18BrNO2/c22-18-10-4-14(5-11-18)12-20(17-2-1-3-19(23)13-17)15-6-8-16(9-7-15)21(24)25/h1-11,13,20H,12,23H2,(H,24,25). The summed E-state index contributed by atoms with van der Waals surface area (Å²) in [6.45, 7) is 0. The number of aromatic carboxylic acids is 1. The third-order valence-electron chi connectivity index (χ3n) is 4.23. The second kappa shape index (κ2) is 7.53. The first kappa shape index (κ1) is 17.2. The van der Waals surface area contributed by atoms with Gasteiger partial charge >= 0.3 is 5.97 Å². The normalized spacial score (nSPS) is 11.9. The van der Waals surface area contributed by atoms with E-state index < -0.39 is 5.97 Å². The molecule has 0 bridgehead atoms. The van der Waals surface area contributed by atoms with Crippen LogP contribution in [0.2, 0.25) is 0 Å². The van der Waals surface area contributed by atoms with Crippen LogP contribution in [0.1, 0.15) is 33.0 Å². The molecule has 0 aliphatic rings. The van der Waals surface area contributed by atoms with Crippen LogP contribution in [0, 0.1) is 0 Å². The number of hydrogen-bond acceptors (Lipinski definition) is 2. The Bertz CT molecular complexity index is 873. The molecule has 25 heavy (non-hydrogen) atoms. The Kier molecular flexibility index (Phi) is 5.19. The molecule has 0 amide bonds. The Labute approximate surface area is 155 Å². The summed E-state index contributed by atoms with van der Waals surface area (Å²) >= 11 is 3.46. The quantitative estimate of drug-likeness (QED) is 0.590. The van der Waals surface area contributed by atoms with Crippen LogP contribution >= 0.6 is 15.9 Å². The minimum atomic E-state index is -0.917. The Morgan fingerprint density at radius 3 is 2.24 bits per heavy atom. The van der Waals surface area contributed by atoms with E-state index in [1.165, 1.54) is 5.56 Å². The predicted octanol–water partition coefficient (Wildman–Crippen LogP) is 5.10. The van der Waals surface area contributed by atoms with Gasteiger partial charge in [0.15, 0.2) is 0 Å². The monoisotopic (exact) mass is 395 g/mol. The molecule has 4 heteroatoms. The number of halogens is 1. The number of carboxylic acid groups (broad SMARTS) is 1. The highest BCUT2D eigenvalue weighted by atomic mass is 79.9. The second-order valence-electron chi connectivity index (χ2n) is 5.98. The third kappa shape index (κ3) is 4.28. The lowest BCUT2D eigenvalue weighted by Crippen LogP contribution is -2.07. The maximum absolute atomic E-state index is 11.1. The van der Waals surface area contributed by atoms with Gasteiger partial charge in [-0.25, -0.2) is 4.79 Å². The van der Waals surface area contributed by atoms with Crippen LogP contribution in [0.3, 0.4) is 0 Å². The van der Waals surface area contributed by atoms with Crippen LogP contribution in [0.4, 0.5) is 5.69 Å². The van der Waals surface area contributed by atoms with Crippen LogP contribution in [-0.4, -0.2) is 11.1 Å². The molecule has 0 aromatic heterocycles. The van der Waals surface area contributed by atoms with Crippen LogP contribution in [0.15, 0.2) is 77.3 Å². The average molecular weight is 396 g/mol. The molecular weight excluding hydrogens is 378 g/mol. The summed E-state index contributed by atoms with van der Waals surface area (Å²) in [4.78, 5) is 11.1. The molecule has 0 aliphatic carbocycles. The Balaban J connectivity index is 1.98. The zero-order valence-electron chi connectivity index (χ0n) is 13.5. The summed E-state index contributed by atoms with van der Waals surface area (Å²) in [6.07, 6.45) is 0.809. The van der Waals surface area contributed by atoms with E-state index in [2.05, 4.69) is 34.1 Å². The predicted molar refractivity (Wildman–Crippen MR) is 104 cm³/mol. The molecule has 0 heterocycles. The lowest BCUT2D eigenvalue weighted by Gasteiger charge is -2.19. The van der Waals surface area contributed by atoms with Gasteiger partial charge in [-0.2, -0.15) is 0 Å². The summed E-state index contributed by atoms with van der Waals surface area (Å²) in [6, 6.07) is 23.2. The van der Waals surface area contributed by atoms with Gasteiger partial charge in [0, 0.05) is 16.1 Å². The highest BCUT2D eigenvalue weighted by Gasteiger charge is 2.16. The molecule has 3 nitrogen and oxygen atoms in total. The molecule has 1 unspecified atom stereocenters. The van der Waals surface area contributed by atoms with Crippen molar-refractivity contribution in [1.29, 1.82) is 0 Å². The number of nitrogen functional groups attached to an aromatic ring is 1. The highest BCUT2D eigenvalue weighted by molar-refractivity contribution is 9.10. The van der Waals surface area contributed by atoms with Gasteiger partial charge in [0.25, 0.3) is 0 Å². The molecule has 0 spiro atoms. The summed E-state index contributed by atoms with van der Waals surface area (Å²) in [5, 5.41) is 9.11. The highest BCUT2D eigenvalue weighted by Crippen LogP contribution is 2.30. The summed E-state index contributed by atoms with van der Waals surface area (Å²) < 4.78 is 1.04. The zero-order valence-corrected chi connectivity index (χ0v) is 15.1. The van der Waals surface area contributed by atoms with Crippen LogP contribution in [0.25, 0.3) is 0 Å². The Morgan fingerprint density at radius 2 is 1.64 bits per heavy atom. The van der Waals surface area contributed by atoms with Crippen molar-refractivity contribution in [2.75, 3.05) is 5.73 Å². The lowest BCUT2D eigenvalue weighted by molar-refractivity contribution is 0.0697. The van der Waals surface area contributed by atoms with Crippen molar-refractivity contribution in [3.05, 3.63) is 99.5 Å². The van der Waals surface area contributed by atoms with E-state index >= 15 is 0 Å². The minimum Gasteiger partial charge on any atom is -0.478 e. The van der Waals surface area contributed by atoms with Gasteiger partial charge in [0.2, 0.25) is 0 Å². The lowest BCUT2D eigenvalue weighted by atomic mass is 9.85. The van der Waals surface area contributed by atoms with Gasteiger partial charge in [-0.15, -0.1) is 0 Å². The second-order valence-corrected chi connectivity index (χ2v) is 6.90. The van der Waals surface area contributed by atoms with E-state index in [0.29, 0.717) is 5.56 Å². The molecular formula is C21H18BrNO2. The maximum Gasteiger partial charge on any atom is 0.335 e. The first-order valence-corrected chi connectivity index (χ1v) is 8.75. The first-order valence-electron chi connectivity index (χ1n) is 7.96. The van der Waals surface area contributed by atoms with E-state index in [1.54, 1.807) is 12.1 Å². The number of rotatable bonds is 5. The van der Waals surface area contributed by atoms with Gasteiger partial charge in [-0.3, -0.25) is 0 Å². The van der Waals surface area contributed by atoms with Gasteiger partial charge in [0.05, 0.1) is 5.56 Å². The molecule has 1 atom stereocenters. The maximum atomic E-state index is 11.1. The molecule has 0 aliphatic heterocycles. The third-order valence-corrected chi connectivity index (χ3v) is 4.75. The van der Waals surface area contributed by atoms with E-state index in [-0.39, 0.29) is 5.92 Å².